The van der Waals surface area contributed by atoms with Gasteiger partial charge in [-0.1, -0.05) is 11.6 Å². The number of rotatable bonds is 4. The SMILES string of the molecule is CC(C)(C#N)N(C1CC1)S(=O)(=O)c1c(Cl)nc2sccn12. The fourth-order valence-electron chi connectivity index (χ4n) is 2.37. The lowest BCUT2D eigenvalue weighted by Gasteiger charge is -2.31. The van der Waals surface area contributed by atoms with E-state index in [4.69, 9.17) is 11.6 Å². The first kappa shape index (κ1) is 14.8. The van der Waals surface area contributed by atoms with Crippen LogP contribution in [-0.2, 0) is 10.0 Å². The van der Waals surface area contributed by atoms with Crippen molar-refractivity contribution in [1.82, 2.24) is 13.7 Å². The van der Waals surface area contributed by atoms with Gasteiger partial charge in [0, 0.05) is 17.6 Å². The highest BCUT2D eigenvalue weighted by molar-refractivity contribution is 7.89. The van der Waals surface area contributed by atoms with Crippen LogP contribution in [0, 0.1) is 11.3 Å². The molecule has 1 fully saturated rings. The number of fused-ring (bicyclic) bond motifs is 1. The first-order valence-electron chi connectivity index (χ1n) is 6.36. The monoisotopic (exact) mass is 344 g/mol. The highest BCUT2D eigenvalue weighted by atomic mass is 35.5. The van der Waals surface area contributed by atoms with E-state index in [-0.39, 0.29) is 16.2 Å². The maximum atomic E-state index is 13.0. The van der Waals surface area contributed by atoms with Gasteiger partial charge in [-0.25, -0.2) is 13.4 Å². The van der Waals surface area contributed by atoms with E-state index in [1.807, 2.05) is 0 Å². The van der Waals surface area contributed by atoms with Crippen LogP contribution in [0.5, 0.6) is 0 Å². The van der Waals surface area contributed by atoms with Gasteiger partial charge in [0.05, 0.1) is 6.07 Å². The molecule has 0 radical (unpaired) electrons. The van der Waals surface area contributed by atoms with Crippen LogP contribution in [-0.4, -0.2) is 33.7 Å². The molecule has 3 rings (SSSR count). The molecule has 112 valence electrons. The average molecular weight is 345 g/mol. The van der Waals surface area contributed by atoms with E-state index in [2.05, 4.69) is 11.1 Å². The Morgan fingerprint density at radius 2 is 2.24 bits per heavy atom. The van der Waals surface area contributed by atoms with Crippen molar-refractivity contribution in [3.63, 3.8) is 0 Å². The lowest BCUT2D eigenvalue weighted by Crippen LogP contribution is -2.48. The summed E-state index contributed by atoms with van der Waals surface area (Å²) in [5, 5.41) is 11.0. The molecule has 9 heteroatoms. The molecule has 21 heavy (non-hydrogen) atoms. The number of nitrogens with zero attached hydrogens (tertiary/aromatic N) is 4. The Kier molecular flexibility index (Phi) is 3.29. The second kappa shape index (κ2) is 4.68. The third-order valence-electron chi connectivity index (χ3n) is 3.38. The van der Waals surface area contributed by atoms with Gasteiger partial charge < -0.3 is 0 Å². The lowest BCUT2D eigenvalue weighted by molar-refractivity contribution is 0.279. The van der Waals surface area contributed by atoms with E-state index in [1.54, 1.807) is 25.4 Å². The molecule has 2 aromatic rings. The molecule has 0 spiro atoms. The number of hydrogen-bond acceptors (Lipinski definition) is 5. The zero-order valence-corrected chi connectivity index (χ0v) is 13.8. The van der Waals surface area contributed by atoms with Crippen molar-refractivity contribution in [3.05, 3.63) is 16.7 Å². The van der Waals surface area contributed by atoms with E-state index < -0.39 is 15.6 Å². The van der Waals surface area contributed by atoms with Crippen LogP contribution in [0.3, 0.4) is 0 Å². The van der Waals surface area contributed by atoms with Gasteiger partial charge in [-0.3, -0.25) is 4.40 Å². The van der Waals surface area contributed by atoms with Crippen LogP contribution < -0.4 is 0 Å². The maximum absolute atomic E-state index is 13.0. The Morgan fingerprint density at radius 3 is 2.81 bits per heavy atom. The molecule has 0 saturated heterocycles. The minimum atomic E-state index is -3.91. The zero-order valence-electron chi connectivity index (χ0n) is 11.4. The van der Waals surface area contributed by atoms with Gasteiger partial charge >= 0.3 is 0 Å². The number of nitriles is 1. The molecule has 2 aromatic heterocycles. The lowest BCUT2D eigenvalue weighted by atomic mass is 10.1. The smallest absolute Gasteiger partial charge is 0.263 e. The Bertz CT molecular complexity index is 842. The predicted octanol–water partition coefficient (Wildman–Crippen LogP) is 2.50. The molecular weight excluding hydrogens is 332 g/mol. The summed E-state index contributed by atoms with van der Waals surface area (Å²) in [6.45, 7) is 3.20. The fourth-order valence-corrected chi connectivity index (χ4v) is 5.75. The number of hydrogen-bond donors (Lipinski definition) is 0. The van der Waals surface area contributed by atoms with E-state index in [0.717, 1.165) is 12.8 Å². The first-order valence-corrected chi connectivity index (χ1v) is 9.05. The van der Waals surface area contributed by atoms with Crippen molar-refractivity contribution in [2.75, 3.05) is 0 Å². The molecule has 0 aromatic carbocycles. The molecule has 0 amide bonds. The van der Waals surface area contributed by atoms with Gasteiger partial charge in [0.15, 0.2) is 15.1 Å². The van der Waals surface area contributed by atoms with Crippen LogP contribution in [0.4, 0.5) is 0 Å². The molecule has 0 N–H and O–H groups in total. The minimum absolute atomic E-state index is 0.0544. The number of halogens is 1. The van der Waals surface area contributed by atoms with Gasteiger partial charge in [-0.2, -0.15) is 9.57 Å². The minimum Gasteiger partial charge on any atom is -0.279 e. The number of thiazole rings is 1. The molecule has 1 aliphatic carbocycles. The van der Waals surface area contributed by atoms with Gasteiger partial charge in [-0.15, -0.1) is 11.3 Å². The Morgan fingerprint density at radius 1 is 1.57 bits per heavy atom. The quantitative estimate of drug-likeness (QED) is 0.853. The van der Waals surface area contributed by atoms with Crippen LogP contribution in [0.15, 0.2) is 16.6 Å². The maximum Gasteiger partial charge on any atom is 0.263 e. The van der Waals surface area contributed by atoms with Crippen LogP contribution >= 0.6 is 22.9 Å². The third kappa shape index (κ3) is 2.25. The van der Waals surface area contributed by atoms with E-state index in [0.29, 0.717) is 4.96 Å². The summed E-state index contributed by atoms with van der Waals surface area (Å²) < 4.78 is 28.8. The summed E-state index contributed by atoms with van der Waals surface area (Å²) in [6.07, 6.45) is 3.14. The molecule has 0 atom stereocenters. The molecule has 1 saturated carbocycles. The molecule has 2 heterocycles. The normalized spacial score (nSPS) is 16.5. The third-order valence-corrected chi connectivity index (χ3v) is 6.67. The van der Waals surface area contributed by atoms with Crippen LogP contribution in [0.25, 0.3) is 4.96 Å². The predicted molar refractivity (Wildman–Crippen MR) is 79.8 cm³/mol. The summed E-state index contributed by atoms with van der Waals surface area (Å²) in [6, 6.07) is 1.92. The van der Waals surface area contributed by atoms with Crippen molar-refractivity contribution in [3.8, 4) is 6.07 Å². The molecule has 1 aliphatic rings. The van der Waals surface area contributed by atoms with E-state index >= 15 is 0 Å². The summed E-state index contributed by atoms with van der Waals surface area (Å²) in [5.74, 6) is 0. The standard InChI is InChI=1S/C12H13ClN4O2S2/c1-12(2,7-14)17(8-3-4-8)21(18,19)10-9(13)15-11-16(10)5-6-20-11/h5-6,8H,3-4H2,1-2H3. The van der Waals surface area contributed by atoms with Crippen LogP contribution in [0.1, 0.15) is 26.7 Å². The van der Waals surface area contributed by atoms with Crippen molar-refractivity contribution in [2.45, 2.75) is 43.3 Å². The summed E-state index contributed by atoms with van der Waals surface area (Å²) in [7, 11) is -3.91. The van der Waals surface area contributed by atoms with Crippen LogP contribution in [0.2, 0.25) is 5.15 Å². The number of sulfonamides is 1. The van der Waals surface area contributed by atoms with Crippen molar-refractivity contribution >= 4 is 37.9 Å². The highest BCUT2D eigenvalue weighted by Crippen LogP contribution is 2.39. The molecular formula is C12H13ClN4O2S2. The van der Waals surface area contributed by atoms with E-state index in [9.17, 15) is 13.7 Å². The van der Waals surface area contributed by atoms with Gasteiger partial charge in [0.2, 0.25) is 0 Å². The summed E-state index contributed by atoms with van der Waals surface area (Å²) >= 11 is 7.35. The average Bonchev–Trinajstić information content (AvgIpc) is 2.99. The molecule has 0 unspecified atom stereocenters. The Labute approximate surface area is 131 Å². The summed E-state index contributed by atoms with van der Waals surface area (Å²) in [4.78, 5) is 4.59. The van der Waals surface area contributed by atoms with Gasteiger partial charge in [-0.05, 0) is 26.7 Å². The van der Waals surface area contributed by atoms with Gasteiger partial charge in [0.25, 0.3) is 10.0 Å². The van der Waals surface area contributed by atoms with Crippen molar-refractivity contribution < 1.29 is 8.42 Å². The number of aromatic nitrogens is 2. The fraction of sp³-hybridized carbons (Fsp3) is 0.500. The topological polar surface area (TPSA) is 78.5 Å². The van der Waals surface area contributed by atoms with E-state index in [1.165, 1.54) is 20.0 Å². The first-order chi connectivity index (χ1) is 9.79. The Balaban J connectivity index is 2.21. The van der Waals surface area contributed by atoms with Gasteiger partial charge in [0.1, 0.15) is 5.54 Å². The highest BCUT2D eigenvalue weighted by Gasteiger charge is 2.48. The second-order valence-electron chi connectivity index (χ2n) is 5.47. The van der Waals surface area contributed by atoms with Crippen molar-refractivity contribution in [2.24, 2.45) is 0 Å². The second-order valence-corrected chi connectivity index (χ2v) is 8.43. The molecule has 0 bridgehead atoms. The zero-order chi connectivity index (χ0) is 15.4. The largest absolute Gasteiger partial charge is 0.279 e. The molecule has 0 aliphatic heterocycles. The van der Waals surface area contributed by atoms with Crippen molar-refractivity contribution in [1.29, 1.82) is 5.26 Å². The molecule has 6 nitrogen and oxygen atoms in total. The summed E-state index contributed by atoms with van der Waals surface area (Å²) in [5.41, 5.74) is -1.14. The Hall–Kier alpha value is -1.14. The number of imidazole rings is 1.